The number of rotatable bonds is 6. The van der Waals surface area contributed by atoms with Crippen molar-refractivity contribution >= 4 is 5.82 Å². The Labute approximate surface area is 152 Å². The molecule has 134 valence electrons. The highest BCUT2D eigenvalue weighted by Gasteiger charge is 2.29. The molecule has 0 saturated carbocycles. The summed E-state index contributed by atoms with van der Waals surface area (Å²) in [4.78, 5) is 5.13. The molecule has 1 aliphatic carbocycles. The average molecular weight is 339 g/mol. The Morgan fingerprint density at radius 3 is 2.40 bits per heavy atom. The van der Waals surface area contributed by atoms with Crippen LogP contribution in [0.1, 0.15) is 51.8 Å². The fourth-order valence-electron chi connectivity index (χ4n) is 3.62. The summed E-state index contributed by atoms with van der Waals surface area (Å²) in [6.07, 6.45) is 4.88. The van der Waals surface area contributed by atoms with Gasteiger partial charge in [-0.1, -0.05) is 45.9 Å². The van der Waals surface area contributed by atoms with Crippen molar-refractivity contribution in [1.29, 1.82) is 0 Å². The van der Waals surface area contributed by atoms with Gasteiger partial charge in [0.2, 0.25) is 5.82 Å². The molecule has 0 radical (unpaired) electrons. The van der Waals surface area contributed by atoms with Crippen LogP contribution in [0, 0.1) is 11.8 Å². The number of hydrogen-bond acceptors (Lipinski definition) is 2. The molecule has 0 aliphatic heterocycles. The quantitative estimate of drug-likeness (QED) is 0.777. The molecule has 3 rings (SSSR count). The van der Waals surface area contributed by atoms with Crippen LogP contribution < -0.4 is 9.88 Å². The van der Waals surface area contributed by atoms with Crippen molar-refractivity contribution in [1.82, 2.24) is 4.98 Å². The third-order valence-corrected chi connectivity index (χ3v) is 4.78. The third kappa shape index (κ3) is 4.20. The molecule has 0 spiro atoms. The van der Waals surface area contributed by atoms with Crippen molar-refractivity contribution in [2.75, 3.05) is 11.9 Å². The predicted octanol–water partition coefficient (Wildman–Crippen LogP) is 4.64. The summed E-state index contributed by atoms with van der Waals surface area (Å²) in [6.45, 7) is 11.1. The lowest BCUT2D eigenvalue weighted by Gasteiger charge is -2.21. The highest BCUT2D eigenvalue weighted by atomic mass is 15.1. The Hall–Kier alpha value is -1.90. The van der Waals surface area contributed by atoms with Gasteiger partial charge < -0.3 is 5.32 Å². The molecule has 1 heterocycles. The molecule has 1 N–H and O–H groups in total. The molecule has 0 fully saturated rings. The zero-order valence-corrected chi connectivity index (χ0v) is 16.2. The molecule has 1 aromatic carbocycles. The summed E-state index contributed by atoms with van der Waals surface area (Å²) in [5.74, 6) is 3.45. The van der Waals surface area contributed by atoms with E-state index in [0.717, 1.165) is 31.2 Å². The van der Waals surface area contributed by atoms with E-state index in [1.54, 1.807) is 0 Å². The Balaban J connectivity index is 2.15. The number of nitrogens with one attached hydrogen (secondary N) is 1. The van der Waals surface area contributed by atoms with E-state index in [-0.39, 0.29) is 0 Å². The molecule has 3 nitrogen and oxygen atoms in total. The summed E-state index contributed by atoms with van der Waals surface area (Å²) in [5.41, 5.74) is 4.16. The molecule has 0 atom stereocenters. The molecule has 3 heteroatoms. The highest BCUT2D eigenvalue weighted by Crippen LogP contribution is 2.28. The van der Waals surface area contributed by atoms with Crippen molar-refractivity contribution in [2.45, 2.75) is 59.9 Å². The van der Waals surface area contributed by atoms with Gasteiger partial charge in [-0.05, 0) is 48.2 Å². The maximum absolute atomic E-state index is 5.13. The van der Waals surface area contributed by atoms with Gasteiger partial charge in [0, 0.05) is 13.0 Å². The fraction of sp³-hybridized carbons (Fsp3) is 0.545. The van der Waals surface area contributed by atoms with Crippen LogP contribution in [0.4, 0.5) is 5.82 Å². The number of fused-ring (bicyclic) bond motifs is 1. The van der Waals surface area contributed by atoms with Crippen LogP contribution in [0.15, 0.2) is 30.3 Å². The summed E-state index contributed by atoms with van der Waals surface area (Å²) < 4.78 is 2.50. The van der Waals surface area contributed by atoms with Gasteiger partial charge in [-0.15, -0.1) is 0 Å². The minimum Gasteiger partial charge on any atom is -0.349 e. The standard InChI is InChI=1S/C22H31N3/c1-16(2)14-23-21-19-12-8-9-13-20(19)25(15-17(3)4)22(24-21)18-10-6-5-7-11-18/h5-7,10-11,16-17H,8-9,12-15H2,1-4H3/p+1. The maximum Gasteiger partial charge on any atom is 0.333 e. The summed E-state index contributed by atoms with van der Waals surface area (Å²) in [6, 6.07) is 10.7. The van der Waals surface area contributed by atoms with Crippen LogP contribution in [0.25, 0.3) is 11.4 Å². The lowest BCUT2D eigenvalue weighted by atomic mass is 9.94. The molecule has 0 amide bonds. The fourth-order valence-corrected chi connectivity index (χ4v) is 3.62. The lowest BCUT2D eigenvalue weighted by molar-refractivity contribution is -0.701. The number of nitrogens with zero attached hydrogens (tertiary/aromatic N) is 2. The van der Waals surface area contributed by atoms with Crippen LogP contribution in [0.3, 0.4) is 0 Å². The van der Waals surface area contributed by atoms with Crippen LogP contribution in [-0.4, -0.2) is 11.5 Å². The first-order valence-corrected chi connectivity index (χ1v) is 9.81. The molecule has 2 aromatic rings. The highest BCUT2D eigenvalue weighted by molar-refractivity contribution is 5.57. The molecular formula is C22H32N3+. The Morgan fingerprint density at radius 1 is 1.00 bits per heavy atom. The molecule has 0 saturated heterocycles. The van der Waals surface area contributed by atoms with Crippen LogP contribution in [0.2, 0.25) is 0 Å². The van der Waals surface area contributed by atoms with Crippen molar-refractivity contribution in [2.24, 2.45) is 11.8 Å². The van der Waals surface area contributed by atoms with Gasteiger partial charge in [0.05, 0.1) is 17.7 Å². The topological polar surface area (TPSA) is 28.8 Å². The molecule has 1 aromatic heterocycles. The molecular weight excluding hydrogens is 306 g/mol. The zero-order chi connectivity index (χ0) is 17.8. The van der Waals surface area contributed by atoms with E-state index in [2.05, 4.69) is 67.9 Å². The van der Waals surface area contributed by atoms with Gasteiger partial charge in [-0.25, -0.2) is 4.57 Å². The molecule has 0 unspecified atom stereocenters. The van der Waals surface area contributed by atoms with E-state index < -0.39 is 0 Å². The van der Waals surface area contributed by atoms with Gasteiger partial charge in [-0.2, -0.15) is 0 Å². The number of anilines is 1. The second-order valence-electron chi connectivity index (χ2n) is 8.06. The van der Waals surface area contributed by atoms with E-state index in [4.69, 9.17) is 4.98 Å². The number of benzene rings is 1. The summed E-state index contributed by atoms with van der Waals surface area (Å²) >= 11 is 0. The van der Waals surface area contributed by atoms with E-state index in [0.29, 0.717) is 11.8 Å². The second-order valence-corrected chi connectivity index (χ2v) is 8.06. The lowest BCUT2D eigenvalue weighted by Crippen LogP contribution is -2.46. The summed E-state index contributed by atoms with van der Waals surface area (Å²) in [5, 5.41) is 3.64. The van der Waals surface area contributed by atoms with Crippen molar-refractivity contribution in [3.8, 4) is 11.4 Å². The smallest absolute Gasteiger partial charge is 0.333 e. The van der Waals surface area contributed by atoms with E-state index in [9.17, 15) is 0 Å². The number of hydrogen-bond donors (Lipinski definition) is 1. The van der Waals surface area contributed by atoms with Crippen molar-refractivity contribution in [3.05, 3.63) is 41.6 Å². The Bertz CT molecular complexity index is 705. The van der Waals surface area contributed by atoms with Gasteiger partial charge >= 0.3 is 5.82 Å². The minimum absolute atomic E-state index is 0.606. The number of aromatic nitrogens is 2. The summed E-state index contributed by atoms with van der Waals surface area (Å²) in [7, 11) is 0. The van der Waals surface area contributed by atoms with E-state index >= 15 is 0 Å². The largest absolute Gasteiger partial charge is 0.349 e. The monoisotopic (exact) mass is 338 g/mol. The van der Waals surface area contributed by atoms with Gasteiger partial charge in [0.1, 0.15) is 5.69 Å². The van der Waals surface area contributed by atoms with Crippen molar-refractivity contribution in [3.63, 3.8) is 0 Å². The van der Waals surface area contributed by atoms with Crippen LogP contribution in [-0.2, 0) is 19.4 Å². The van der Waals surface area contributed by atoms with Crippen molar-refractivity contribution < 1.29 is 4.57 Å². The van der Waals surface area contributed by atoms with Crippen LogP contribution >= 0.6 is 0 Å². The average Bonchev–Trinajstić information content (AvgIpc) is 2.61. The van der Waals surface area contributed by atoms with Crippen LogP contribution in [0.5, 0.6) is 0 Å². The normalized spacial score (nSPS) is 14.0. The SMILES string of the molecule is CC(C)CNc1nc(-c2ccccc2)[n+](CC(C)C)c2c1CCCC2. The second kappa shape index (κ2) is 7.99. The minimum atomic E-state index is 0.606. The first-order chi connectivity index (χ1) is 12.1. The Kier molecular flexibility index (Phi) is 5.72. The van der Waals surface area contributed by atoms with Gasteiger partial charge in [0.25, 0.3) is 0 Å². The molecule has 25 heavy (non-hydrogen) atoms. The predicted molar refractivity (Wildman–Crippen MR) is 105 cm³/mol. The third-order valence-electron chi connectivity index (χ3n) is 4.78. The molecule has 1 aliphatic rings. The van der Waals surface area contributed by atoms with E-state index in [1.165, 1.54) is 36.1 Å². The zero-order valence-electron chi connectivity index (χ0n) is 16.2. The Morgan fingerprint density at radius 2 is 1.72 bits per heavy atom. The molecule has 0 bridgehead atoms. The maximum atomic E-state index is 5.13. The van der Waals surface area contributed by atoms with E-state index in [1.807, 2.05) is 0 Å². The first kappa shape index (κ1) is 17.9. The first-order valence-electron chi connectivity index (χ1n) is 9.81. The van der Waals surface area contributed by atoms with Gasteiger partial charge in [0.15, 0.2) is 0 Å². The van der Waals surface area contributed by atoms with Gasteiger partial charge in [-0.3, -0.25) is 0 Å².